The van der Waals surface area contributed by atoms with Gasteiger partial charge in [-0.2, -0.15) is 0 Å². The SMILES string of the molecule is CC(C)Nc1ccnc(N)c1C(=N)c1noc(C2CC2)c1-c1ccc[nH]c1=O. The number of nitrogens with one attached hydrogen (secondary N) is 3. The average Bonchev–Trinajstić information content (AvgIpc) is 3.40. The quantitative estimate of drug-likeness (QED) is 0.487. The molecule has 0 bridgehead atoms. The molecule has 0 unspecified atom stereocenters. The summed E-state index contributed by atoms with van der Waals surface area (Å²) in [6.45, 7) is 4.00. The molecule has 3 aromatic heterocycles. The highest BCUT2D eigenvalue weighted by Gasteiger charge is 2.35. The van der Waals surface area contributed by atoms with Crippen molar-refractivity contribution in [2.75, 3.05) is 11.1 Å². The van der Waals surface area contributed by atoms with Crippen molar-refractivity contribution in [1.29, 1.82) is 5.41 Å². The second kappa shape index (κ2) is 6.95. The van der Waals surface area contributed by atoms with E-state index in [1.54, 1.807) is 30.6 Å². The molecule has 1 fully saturated rings. The Bertz CT molecular complexity index is 1090. The van der Waals surface area contributed by atoms with Gasteiger partial charge in [-0.05, 0) is 44.9 Å². The number of anilines is 2. The molecular weight excluding hydrogens is 356 g/mol. The summed E-state index contributed by atoms with van der Waals surface area (Å²) in [5, 5.41) is 16.3. The van der Waals surface area contributed by atoms with Gasteiger partial charge < -0.3 is 20.6 Å². The van der Waals surface area contributed by atoms with Crippen LogP contribution in [0.1, 0.15) is 49.6 Å². The minimum Gasteiger partial charge on any atom is -0.383 e. The molecule has 144 valence electrons. The maximum atomic E-state index is 12.5. The number of hydrogen-bond donors (Lipinski definition) is 4. The molecular formula is C20H22N6O2. The number of H-pyrrole nitrogens is 1. The summed E-state index contributed by atoms with van der Waals surface area (Å²) in [4.78, 5) is 19.3. The number of aromatic amines is 1. The molecule has 3 aromatic rings. The topological polar surface area (TPSA) is 134 Å². The summed E-state index contributed by atoms with van der Waals surface area (Å²) < 4.78 is 5.61. The van der Waals surface area contributed by atoms with Crippen molar-refractivity contribution in [1.82, 2.24) is 15.1 Å². The molecule has 8 nitrogen and oxygen atoms in total. The Morgan fingerprint density at radius 2 is 2.18 bits per heavy atom. The molecule has 4 rings (SSSR count). The van der Waals surface area contributed by atoms with Crippen LogP contribution in [0.15, 0.2) is 39.9 Å². The Balaban J connectivity index is 1.89. The minimum absolute atomic E-state index is 0.0719. The van der Waals surface area contributed by atoms with Gasteiger partial charge in [0.05, 0.1) is 22.4 Å². The Morgan fingerprint density at radius 3 is 2.86 bits per heavy atom. The van der Waals surface area contributed by atoms with Gasteiger partial charge in [0.25, 0.3) is 5.56 Å². The van der Waals surface area contributed by atoms with Gasteiger partial charge in [0.15, 0.2) is 0 Å². The molecule has 0 aliphatic heterocycles. The van der Waals surface area contributed by atoms with Crippen LogP contribution in [-0.2, 0) is 0 Å². The number of nitrogens with zero attached hydrogens (tertiary/aromatic N) is 2. The van der Waals surface area contributed by atoms with Gasteiger partial charge in [-0.1, -0.05) is 5.16 Å². The number of aromatic nitrogens is 3. The zero-order valence-corrected chi connectivity index (χ0v) is 15.7. The number of pyridine rings is 2. The third kappa shape index (κ3) is 3.17. The summed E-state index contributed by atoms with van der Waals surface area (Å²) in [7, 11) is 0. The Labute approximate surface area is 161 Å². The normalized spacial score (nSPS) is 13.7. The fourth-order valence-corrected chi connectivity index (χ4v) is 3.27. The van der Waals surface area contributed by atoms with E-state index >= 15 is 0 Å². The average molecular weight is 378 g/mol. The van der Waals surface area contributed by atoms with Crippen LogP contribution in [-0.4, -0.2) is 26.9 Å². The van der Waals surface area contributed by atoms with Crippen molar-refractivity contribution in [3.05, 3.63) is 58.0 Å². The van der Waals surface area contributed by atoms with Gasteiger partial charge in [0.1, 0.15) is 17.3 Å². The standard InChI is InChI=1S/C20H22N6O2/c1-10(2)25-13-7-9-23-19(22)15(13)16(21)17-14(12-4-3-8-24-20(12)27)18(28-26-17)11-5-6-11/h3-4,7-11,21H,5-6H2,1-2H3,(H,24,27)(H3,22,23,25). The number of rotatable bonds is 6. The molecule has 0 spiro atoms. The molecule has 0 radical (unpaired) electrons. The van der Waals surface area contributed by atoms with Crippen LogP contribution in [0, 0.1) is 5.41 Å². The minimum atomic E-state index is -0.249. The highest BCUT2D eigenvalue weighted by atomic mass is 16.5. The fraction of sp³-hybridized carbons (Fsp3) is 0.300. The number of nitrogens with two attached hydrogens (primary N) is 1. The first-order valence-corrected chi connectivity index (χ1v) is 9.25. The predicted molar refractivity (Wildman–Crippen MR) is 108 cm³/mol. The fourth-order valence-electron chi connectivity index (χ4n) is 3.27. The van der Waals surface area contributed by atoms with Crippen LogP contribution >= 0.6 is 0 Å². The lowest BCUT2D eigenvalue weighted by Gasteiger charge is -2.16. The van der Waals surface area contributed by atoms with Crippen LogP contribution in [0.4, 0.5) is 11.5 Å². The summed E-state index contributed by atoms with van der Waals surface area (Å²) in [5.41, 5.74) is 8.37. The molecule has 0 atom stereocenters. The van der Waals surface area contributed by atoms with E-state index < -0.39 is 0 Å². The van der Waals surface area contributed by atoms with Crippen molar-refractivity contribution in [2.24, 2.45) is 0 Å². The molecule has 1 aliphatic rings. The lowest BCUT2D eigenvalue weighted by Crippen LogP contribution is -2.17. The van der Waals surface area contributed by atoms with Crippen LogP contribution < -0.4 is 16.6 Å². The Hall–Kier alpha value is -3.42. The summed E-state index contributed by atoms with van der Waals surface area (Å²) >= 11 is 0. The first kappa shape index (κ1) is 18.0. The molecule has 0 amide bonds. The smallest absolute Gasteiger partial charge is 0.256 e. The third-order valence-electron chi connectivity index (χ3n) is 4.67. The highest BCUT2D eigenvalue weighted by Crippen LogP contribution is 2.45. The zero-order chi connectivity index (χ0) is 19.8. The Kier molecular flexibility index (Phi) is 4.46. The van der Waals surface area contributed by atoms with Gasteiger partial charge >= 0.3 is 0 Å². The maximum absolute atomic E-state index is 12.5. The van der Waals surface area contributed by atoms with Gasteiger partial charge in [-0.15, -0.1) is 0 Å². The van der Waals surface area contributed by atoms with Crippen molar-refractivity contribution < 1.29 is 4.52 Å². The lowest BCUT2D eigenvalue weighted by atomic mass is 9.96. The summed E-state index contributed by atoms with van der Waals surface area (Å²) in [6, 6.07) is 5.38. The summed E-state index contributed by atoms with van der Waals surface area (Å²) in [6.07, 6.45) is 5.13. The number of hydrogen-bond acceptors (Lipinski definition) is 7. The van der Waals surface area contributed by atoms with Crippen LogP contribution in [0.2, 0.25) is 0 Å². The monoisotopic (exact) mass is 378 g/mol. The van der Waals surface area contributed by atoms with Gasteiger partial charge in [0, 0.05) is 30.0 Å². The van der Waals surface area contributed by atoms with Gasteiger partial charge in [0.2, 0.25) is 0 Å². The second-order valence-electron chi connectivity index (χ2n) is 7.25. The summed E-state index contributed by atoms with van der Waals surface area (Å²) in [5.74, 6) is 1.10. The molecule has 0 aromatic carbocycles. The van der Waals surface area contributed by atoms with E-state index in [1.807, 2.05) is 13.8 Å². The maximum Gasteiger partial charge on any atom is 0.256 e. The van der Waals surface area contributed by atoms with Crippen molar-refractivity contribution >= 4 is 17.2 Å². The van der Waals surface area contributed by atoms with E-state index in [0.29, 0.717) is 33.8 Å². The van der Waals surface area contributed by atoms with E-state index in [9.17, 15) is 4.79 Å². The predicted octanol–water partition coefficient (Wildman–Crippen LogP) is 3.12. The molecule has 8 heteroatoms. The van der Waals surface area contributed by atoms with E-state index in [-0.39, 0.29) is 29.0 Å². The van der Waals surface area contributed by atoms with E-state index in [1.165, 1.54) is 0 Å². The number of nitrogen functional groups attached to an aromatic ring is 1. The molecule has 1 aliphatic carbocycles. The molecule has 1 saturated carbocycles. The van der Waals surface area contributed by atoms with Gasteiger partial charge in [-0.25, -0.2) is 4.98 Å². The molecule has 0 saturated heterocycles. The largest absolute Gasteiger partial charge is 0.383 e. The zero-order valence-electron chi connectivity index (χ0n) is 15.7. The van der Waals surface area contributed by atoms with Crippen LogP contribution in [0.25, 0.3) is 11.1 Å². The van der Waals surface area contributed by atoms with Gasteiger partial charge in [-0.3, -0.25) is 10.2 Å². The Morgan fingerprint density at radius 1 is 1.39 bits per heavy atom. The molecule has 28 heavy (non-hydrogen) atoms. The first-order chi connectivity index (χ1) is 13.5. The van der Waals surface area contributed by atoms with E-state index in [4.69, 9.17) is 15.7 Å². The van der Waals surface area contributed by atoms with E-state index in [0.717, 1.165) is 12.8 Å². The molecule has 5 N–H and O–H groups in total. The lowest BCUT2D eigenvalue weighted by molar-refractivity contribution is 0.384. The van der Waals surface area contributed by atoms with Crippen molar-refractivity contribution in [3.63, 3.8) is 0 Å². The van der Waals surface area contributed by atoms with Crippen LogP contribution in [0.3, 0.4) is 0 Å². The van der Waals surface area contributed by atoms with Crippen LogP contribution in [0.5, 0.6) is 0 Å². The first-order valence-electron chi connectivity index (χ1n) is 9.25. The third-order valence-corrected chi connectivity index (χ3v) is 4.67. The second-order valence-corrected chi connectivity index (χ2v) is 7.25. The van der Waals surface area contributed by atoms with Crippen molar-refractivity contribution in [3.8, 4) is 11.1 Å². The molecule has 3 heterocycles. The van der Waals surface area contributed by atoms with E-state index in [2.05, 4.69) is 20.4 Å². The van der Waals surface area contributed by atoms with Crippen molar-refractivity contribution in [2.45, 2.75) is 38.6 Å². The highest BCUT2D eigenvalue weighted by molar-refractivity contribution is 6.18.